The summed E-state index contributed by atoms with van der Waals surface area (Å²) in [6.45, 7) is 14.1. The normalized spacial score (nSPS) is 25.3. The standard InChI is InChI=1S/C25H45N7O/c1-6-9-23-32(22(28)16-30-24(2,3)4)14-7-12-25(5,13-8-15-33-23)18-31-17-20(29-19-31)10-11-21(26)27/h9-11,16,19,30H,6-8,12-15,17-18,26-28H2,1-5H3/b20-10+,22-16+,23-9+. The van der Waals surface area contributed by atoms with Crippen LogP contribution in [0.3, 0.4) is 0 Å². The van der Waals surface area contributed by atoms with Crippen molar-refractivity contribution in [2.24, 2.45) is 27.6 Å². The monoisotopic (exact) mass is 459 g/mol. The van der Waals surface area contributed by atoms with E-state index in [1.807, 2.05) is 18.6 Å². The molecule has 8 nitrogen and oxygen atoms in total. The smallest absolute Gasteiger partial charge is 0.190 e. The van der Waals surface area contributed by atoms with E-state index >= 15 is 0 Å². The third-order valence-corrected chi connectivity index (χ3v) is 5.75. The minimum absolute atomic E-state index is 0.0496. The molecule has 0 aliphatic carbocycles. The largest absolute Gasteiger partial charge is 0.479 e. The second-order valence-electron chi connectivity index (χ2n) is 10.4. The average molecular weight is 460 g/mol. The lowest BCUT2D eigenvalue weighted by molar-refractivity contribution is 0.0930. The Morgan fingerprint density at radius 1 is 1.24 bits per heavy atom. The van der Waals surface area contributed by atoms with Crippen molar-refractivity contribution in [1.29, 1.82) is 0 Å². The summed E-state index contributed by atoms with van der Waals surface area (Å²) in [5.74, 6) is 1.84. The molecule has 0 aromatic heterocycles. The summed E-state index contributed by atoms with van der Waals surface area (Å²) >= 11 is 0. The molecular weight excluding hydrogens is 414 g/mol. The van der Waals surface area contributed by atoms with Gasteiger partial charge in [0.15, 0.2) is 5.88 Å². The molecule has 8 heteroatoms. The van der Waals surface area contributed by atoms with Gasteiger partial charge in [0, 0.05) is 24.8 Å². The van der Waals surface area contributed by atoms with Gasteiger partial charge in [-0.2, -0.15) is 0 Å². The van der Waals surface area contributed by atoms with Crippen LogP contribution in [0.4, 0.5) is 0 Å². The molecule has 7 N–H and O–H groups in total. The van der Waals surface area contributed by atoms with E-state index in [0.717, 1.165) is 63.3 Å². The highest BCUT2D eigenvalue weighted by Crippen LogP contribution is 2.33. The maximum absolute atomic E-state index is 6.50. The Bertz CT molecular complexity index is 787. The zero-order chi connectivity index (χ0) is 24.5. The molecule has 186 valence electrons. The minimum atomic E-state index is -0.0496. The second kappa shape index (κ2) is 11.9. The van der Waals surface area contributed by atoms with E-state index in [1.165, 1.54) is 0 Å². The first-order valence-electron chi connectivity index (χ1n) is 12.1. The van der Waals surface area contributed by atoms with Crippen LogP contribution in [0.15, 0.2) is 52.6 Å². The van der Waals surface area contributed by atoms with E-state index in [0.29, 0.717) is 18.2 Å². The molecule has 1 unspecified atom stereocenters. The molecule has 2 heterocycles. The number of hydrogen-bond acceptors (Lipinski definition) is 8. The SMILES string of the molecule is CC/C=C1/OCCCC(C)(CN2C=N/C(=C/C=C(N)N)C2)CCCN1/C(N)=C/NC(C)(C)C. The summed E-state index contributed by atoms with van der Waals surface area (Å²) in [5.41, 5.74) is 18.6. The van der Waals surface area contributed by atoms with E-state index in [4.69, 9.17) is 21.9 Å². The molecule has 0 spiro atoms. The number of ether oxygens (including phenoxy) is 1. The molecule has 0 radical (unpaired) electrons. The fourth-order valence-corrected chi connectivity index (χ4v) is 4.10. The van der Waals surface area contributed by atoms with Gasteiger partial charge in [0.25, 0.3) is 0 Å². The van der Waals surface area contributed by atoms with Crippen molar-refractivity contribution in [3.63, 3.8) is 0 Å². The van der Waals surface area contributed by atoms with Crippen LogP contribution < -0.4 is 22.5 Å². The Morgan fingerprint density at radius 2 is 1.97 bits per heavy atom. The zero-order valence-corrected chi connectivity index (χ0v) is 21.2. The van der Waals surface area contributed by atoms with Crippen LogP contribution in [-0.4, -0.2) is 47.9 Å². The third kappa shape index (κ3) is 9.32. The molecule has 1 atom stereocenters. The van der Waals surface area contributed by atoms with Crippen molar-refractivity contribution in [1.82, 2.24) is 15.1 Å². The summed E-state index contributed by atoms with van der Waals surface area (Å²) < 4.78 is 6.22. The number of nitrogens with two attached hydrogens (primary N) is 3. The van der Waals surface area contributed by atoms with E-state index in [2.05, 4.69) is 60.8 Å². The molecule has 0 amide bonds. The van der Waals surface area contributed by atoms with Gasteiger partial charge in [0.1, 0.15) is 5.82 Å². The second-order valence-corrected chi connectivity index (χ2v) is 10.4. The van der Waals surface area contributed by atoms with E-state index in [9.17, 15) is 0 Å². The maximum atomic E-state index is 6.50. The van der Waals surface area contributed by atoms with Crippen molar-refractivity contribution < 1.29 is 4.74 Å². The van der Waals surface area contributed by atoms with Gasteiger partial charge in [-0.1, -0.05) is 13.8 Å². The summed E-state index contributed by atoms with van der Waals surface area (Å²) in [5, 5.41) is 3.37. The molecule has 33 heavy (non-hydrogen) atoms. The molecule has 2 rings (SSSR count). The Kier molecular flexibility index (Phi) is 9.56. The topological polar surface area (TPSA) is 118 Å². The highest BCUT2D eigenvalue weighted by molar-refractivity contribution is 5.61. The Morgan fingerprint density at radius 3 is 2.64 bits per heavy atom. The molecule has 0 bridgehead atoms. The average Bonchev–Trinajstić information content (AvgIpc) is 3.17. The van der Waals surface area contributed by atoms with Gasteiger partial charge in [-0.15, -0.1) is 0 Å². The molecular formula is C25H45N7O. The van der Waals surface area contributed by atoms with Crippen molar-refractivity contribution >= 4 is 6.34 Å². The molecule has 2 aliphatic rings. The predicted octanol–water partition coefficient (Wildman–Crippen LogP) is 3.27. The van der Waals surface area contributed by atoms with Crippen molar-refractivity contribution in [2.75, 3.05) is 26.2 Å². The van der Waals surface area contributed by atoms with Crippen LogP contribution in [0.25, 0.3) is 0 Å². The number of nitrogens with one attached hydrogen (secondary N) is 1. The first kappa shape index (κ1) is 26.5. The Balaban J connectivity index is 2.08. The minimum Gasteiger partial charge on any atom is -0.479 e. The number of rotatable bonds is 6. The van der Waals surface area contributed by atoms with E-state index in [-0.39, 0.29) is 11.0 Å². The van der Waals surface area contributed by atoms with Gasteiger partial charge in [-0.05, 0) is 76.5 Å². The van der Waals surface area contributed by atoms with Crippen LogP contribution in [-0.2, 0) is 4.74 Å². The van der Waals surface area contributed by atoms with Crippen molar-refractivity contribution in [3.05, 3.63) is 47.7 Å². The van der Waals surface area contributed by atoms with Crippen LogP contribution in [0.2, 0.25) is 0 Å². The molecule has 1 fully saturated rings. The van der Waals surface area contributed by atoms with Crippen LogP contribution in [0.1, 0.15) is 66.7 Å². The summed E-state index contributed by atoms with van der Waals surface area (Å²) in [7, 11) is 0. The fourth-order valence-electron chi connectivity index (χ4n) is 4.10. The highest BCUT2D eigenvalue weighted by atomic mass is 16.5. The van der Waals surface area contributed by atoms with E-state index < -0.39 is 0 Å². The molecule has 0 saturated carbocycles. The van der Waals surface area contributed by atoms with Crippen LogP contribution in [0, 0.1) is 5.41 Å². The number of allylic oxidation sites excluding steroid dienone is 3. The fraction of sp³-hybridized carbons (Fsp3) is 0.640. The Hall–Kier alpha value is -2.77. The molecule has 0 aromatic rings. The van der Waals surface area contributed by atoms with Crippen molar-refractivity contribution in [2.45, 2.75) is 72.3 Å². The quantitative estimate of drug-likeness (QED) is 0.481. The summed E-state index contributed by atoms with van der Waals surface area (Å²) in [4.78, 5) is 8.89. The zero-order valence-electron chi connectivity index (χ0n) is 21.2. The lowest BCUT2D eigenvalue weighted by Gasteiger charge is -2.36. The first-order valence-corrected chi connectivity index (χ1v) is 12.1. The lowest BCUT2D eigenvalue weighted by Crippen LogP contribution is -2.38. The van der Waals surface area contributed by atoms with Crippen LogP contribution >= 0.6 is 0 Å². The first-order chi connectivity index (χ1) is 15.5. The van der Waals surface area contributed by atoms with Gasteiger partial charge >= 0.3 is 0 Å². The molecule has 2 aliphatic heterocycles. The third-order valence-electron chi connectivity index (χ3n) is 5.75. The van der Waals surface area contributed by atoms with E-state index in [1.54, 1.807) is 6.08 Å². The number of aliphatic imine (C=N–C) groups is 1. The van der Waals surface area contributed by atoms with Gasteiger partial charge in [0.2, 0.25) is 0 Å². The number of nitrogens with zero attached hydrogens (tertiary/aromatic N) is 3. The number of hydrogen-bond donors (Lipinski definition) is 4. The van der Waals surface area contributed by atoms with Gasteiger partial charge in [-0.3, -0.25) is 4.90 Å². The van der Waals surface area contributed by atoms with Gasteiger partial charge in [-0.25, -0.2) is 4.99 Å². The van der Waals surface area contributed by atoms with Crippen LogP contribution in [0.5, 0.6) is 0 Å². The predicted molar refractivity (Wildman–Crippen MR) is 137 cm³/mol. The van der Waals surface area contributed by atoms with Gasteiger partial charge < -0.3 is 32.2 Å². The molecule has 0 aromatic carbocycles. The van der Waals surface area contributed by atoms with Gasteiger partial charge in [0.05, 0.1) is 31.0 Å². The Labute approximate surface area is 200 Å². The van der Waals surface area contributed by atoms with Crippen molar-refractivity contribution in [3.8, 4) is 0 Å². The summed E-state index contributed by atoms with van der Waals surface area (Å²) in [6, 6.07) is 0. The highest BCUT2D eigenvalue weighted by Gasteiger charge is 2.29. The summed E-state index contributed by atoms with van der Waals surface area (Å²) in [6.07, 6.45) is 14.6. The lowest BCUT2D eigenvalue weighted by atomic mass is 9.80. The molecule has 1 saturated heterocycles. The maximum Gasteiger partial charge on any atom is 0.190 e.